The quantitative estimate of drug-likeness (QED) is 0.918. The summed E-state index contributed by atoms with van der Waals surface area (Å²) in [6.07, 6.45) is 3.00. The van der Waals surface area contributed by atoms with Gasteiger partial charge in [-0.3, -0.25) is 0 Å². The highest BCUT2D eigenvalue weighted by Gasteiger charge is 2.22. The Bertz CT molecular complexity index is 550. The first-order chi connectivity index (χ1) is 9.20. The van der Waals surface area contributed by atoms with E-state index < -0.39 is 0 Å². The monoisotopic (exact) mass is 257 g/mol. The van der Waals surface area contributed by atoms with Crippen LogP contribution < -0.4 is 5.32 Å². The van der Waals surface area contributed by atoms with Gasteiger partial charge in [-0.1, -0.05) is 34.5 Å². The molecule has 1 N–H and O–H groups in total. The molecule has 0 radical (unpaired) electrons. The van der Waals surface area contributed by atoms with Gasteiger partial charge in [0.1, 0.15) is 0 Å². The van der Waals surface area contributed by atoms with Gasteiger partial charge in [0.15, 0.2) is 5.82 Å². The molecule has 3 rings (SSSR count). The fourth-order valence-corrected chi connectivity index (χ4v) is 2.73. The van der Waals surface area contributed by atoms with E-state index in [4.69, 9.17) is 4.52 Å². The van der Waals surface area contributed by atoms with Crippen molar-refractivity contribution in [3.8, 4) is 0 Å². The average molecular weight is 257 g/mol. The zero-order chi connectivity index (χ0) is 13.2. The highest BCUT2D eigenvalue weighted by Crippen LogP contribution is 2.21. The molecule has 2 heterocycles. The molecule has 0 amide bonds. The van der Waals surface area contributed by atoms with Crippen molar-refractivity contribution in [1.82, 2.24) is 15.5 Å². The highest BCUT2D eigenvalue weighted by atomic mass is 16.5. The molecular weight excluding hydrogens is 238 g/mol. The SMILES string of the molecule is Cc1cc(C)cc(Cc2noc([C@@H]3CCCN3)n2)c1. The van der Waals surface area contributed by atoms with Crippen LogP contribution in [0.3, 0.4) is 0 Å². The van der Waals surface area contributed by atoms with Crippen molar-refractivity contribution in [1.29, 1.82) is 0 Å². The van der Waals surface area contributed by atoms with Crippen molar-refractivity contribution in [3.63, 3.8) is 0 Å². The van der Waals surface area contributed by atoms with Crippen LogP contribution in [0.1, 0.15) is 47.3 Å². The van der Waals surface area contributed by atoms with Gasteiger partial charge in [0.05, 0.1) is 6.04 Å². The van der Waals surface area contributed by atoms with E-state index >= 15 is 0 Å². The molecule has 1 aliphatic rings. The van der Waals surface area contributed by atoms with E-state index in [-0.39, 0.29) is 6.04 Å². The standard InChI is InChI=1S/C15H19N3O/c1-10-6-11(2)8-12(7-10)9-14-17-15(19-18-14)13-4-3-5-16-13/h6-8,13,16H,3-5,9H2,1-2H3/t13-/m0/s1. The predicted octanol–water partition coefficient (Wildman–Crippen LogP) is 2.70. The Labute approximate surface area is 113 Å². The molecule has 0 saturated carbocycles. The van der Waals surface area contributed by atoms with E-state index in [2.05, 4.69) is 47.5 Å². The number of hydrogen-bond acceptors (Lipinski definition) is 4. The molecule has 19 heavy (non-hydrogen) atoms. The Kier molecular flexibility index (Phi) is 3.34. The summed E-state index contributed by atoms with van der Waals surface area (Å²) in [5, 5.41) is 7.46. The number of benzene rings is 1. The van der Waals surface area contributed by atoms with Gasteiger partial charge in [0.25, 0.3) is 0 Å². The first kappa shape index (κ1) is 12.4. The van der Waals surface area contributed by atoms with E-state index in [0.29, 0.717) is 0 Å². The minimum atomic E-state index is 0.250. The Morgan fingerprint density at radius 1 is 1.26 bits per heavy atom. The summed E-state index contributed by atoms with van der Waals surface area (Å²) >= 11 is 0. The number of nitrogens with one attached hydrogen (secondary N) is 1. The van der Waals surface area contributed by atoms with Gasteiger partial charge in [-0.25, -0.2) is 0 Å². The molecule has 4 nitrogen and oxygen atoms in total. The van der Waals surface area contributed by atoms with E-state index in [9.17, 15) is 0 Å². The van der Waals surface area contributed by atoms with Gasteiger partial charge in [-0.05, 0) is 38.8 Å². The van der Waals surface area contributed by atoms with Crippen LogP contribution in [0.2, 0.25) is 0 Å². The van der Waals surface area contributed by atoms with Crippen molar-refractivity contribution in [3.05, 3.63) is 46.6 Å². The lowest BCUT2D eigenvalue weighted by Crippen LogP contribution is -2.13. The van der Waals surface area contributed by atoms with Crippen molar-refractivity contribution >= 4 is 0 Å². The molecule has 100 valence electrons. The number of hydrogen-bond donors (Lipinski definition) is 1. The Balaban J connectivity index is 1.76. The zero-order valence-corrected chi connectivity index (χ0v) is 11.4. The van der Waals surface area contributed by atoms with Gasteiger partial charge in [-0.2, -0.15) is 4.98 Å². The summed E-state index contributed by atoms with van der Waals surface area (Å²) in [4.78, 5) is 4.51. The highest BCUT2D eigenvalue weighted by molar-refractivity contribution is 5.30. The second kappa shape index (κ2) is 5.13. The summed E-state index contributed by atoms with van der Waals surface area (Å²) in [5.74, 6) is 1.51. The van der Waals surface area contributed by atoms with Crippen LogP contribution in [-0.2, 0) is 6.42 Å². The fourth-order valence-electron chi connectivity index (χ4n) is 2.73. The van der Waals surface area contributed by atoms with Crippen LogP contribution >= 0.6 is 0 Å². The lowest BCUT2D eigenvalue weighted by atomic mass is 10.1. The second-order valence-electron chi connectivity index (χ2n) is 5.37. The lowest BCUT2D eigenvalue weighted by Gasteiger charge is -2.02. The van der Waals surface area contributed by atoms with E-state index in [1.807, 2.05) is 0 Å². The molecule has 0 aliphatic carbocycles. The van der Waals surface area contributed by atoms with Gasteiger partial charge in [-0.15, -0.1) is 0 Å². The van der Waals surface area contributed by atoms with Crippen LogP contribution in [0.25, 0.3) is 0 Å². The maximum atomic E-state index is 5.36. The number of aryl methyl sites for hydroxylation is 2. The molecule has 0 spiro atoms. The van der Waals surface area contributed by atoms with Crippen LogP contribution in [0, 0.1) is 13.8 Å². The molecule has 2 aromatic rings. The minimum Gasteiger partial charge on any atom is -0.338 e. The van der Waals surface area contributed by atoms with E-state index in [1.165, 1.54) is 23.1 Å². The molecule has 0 bridgehead atoms. The Morgan fingerprint density at radius 2 is 2.05 bits per heavy atom. The predicted molar refractivity (Wildman–Crippen MR) is 73.0 cm³/mol. The molecule has 4 heteroatoms. The topological polar surface area (TPSA) is 51.0 Å². The Hall–Kier alpha value is -1.68. The van der Waals surface area contributed by atoms with Gasteiger partial charge < -0.3 is 9.84 Å². The first-order valence-electron chi connectivity index (χ1n) is 6.84. The summed E-state index contributed by atoms with van der Waals surface area (Å²) in [6.45, 7) is 5.26. The summed E-state index contributed by atoms with van der Waals surface area (Å²) in [6, 6.07) is 6.78. The van der Waals surface area contributed by atoms with Crippen molar-refractivity contribution in [2.45, 2.75) is 39.2 Å². The molecule has 1 aromatic carbocycles. The normalized spacial score (nSPS) is 18.9. The van der Waals surface area contributed by atoms with Crippen LogP contribution in [0.5, 0.6) is 0 Å². The third kappa shape index (κ3) is 2.84. The molecule has 1 aromatic heterocycles. The Morgan fingerprint density at radius 3 is 2.74 bits per heavy atom. The molecule has 1 atom stereocenters. The first-order valence-corrected chi connectivity index (χ1v) is 6.84. The third-order valence-corrected chi connectivity index (χ3v) is 3.49. The zero-order valence-electron chi connectivity index (χ0n) is 11.4. The fraction of sp³-hybridized carbons (Fsp3) is 0.467. The maximum absolute atomic E-state index is 5.36. The number of nitrogens with zero attached hydrogens (tertiary/aromatic N) is 2. The summed E-state index contributed by atoms with van der Waals surface area (Å²) in [5.41, 5.74) is 3.79. The van der Waals surface area contributed by atoms with Crippen molar-refractivity contribution in [2.24, 2.45) is 0 Å². The van der Waals surface area contributed by atoms with E-state index in [0.717, 1.165) is 31.1 Å². The maximum Gasteiger partial charge on any atom is 0.243 e. The molecule has 1 aliphatic heterocycles. The van der Waals surface area contributed by atoms with E-state index in [1.54, 1.807) is 0 Å². The molecule has 1 fully saturated rings. The van der Waals surface area contributed by atoms with Gasteiger partial charge in [0.2, 0.25) is 5.89 Å². The minimum absolute atomic E-state index is 0.250. The van der Waals surface area contributed by atoms with Gasteiger partial charge in [0, 0.05) is 6.42 Å². The third-order valence-electron chi connectivity index (χ3n) is 3.49. The second-order valence-corrected chi connectivity index (χ2v) is 5.37. The average Bonchev–Trinajstić information content (AvgIpc) is 2.96. The van der Waals surface area contributed by atoms with Gasteiger partial charge >= 0.3 is 0 Å². The van der Waals surface area contributed by atoms with Crippen molar-refractivity contribution < 1.29 is 4.52 Å². The number of aromatic nitrogens is 2. The molecule has 0 unspecified atom stereocenters. The number of rotatable bonds is 3. The lowest BCUT2D eigenvalue weighted by molar-refractivity contribution is 0.341. The largest absolute Gasteiger partial charge is 0.338 e. The summed E-state index contributed by atoms with van der Waals surface area (Å²) in [7, 11) is 0. The molecular formula is C15H19N3O. The van der Waals surface area contributed by atoms with Crippen molar-refractivity contribution in [2.75, 3.05) is 6.54 Å². The van der Waals surface area contributed by atoms with Crippen LogP contribution in [0.15, 0.2) is 22.7 Å². The van der Waals surface area contributed by atoms with Crippen LogP contribution in [-0.4, -0.2) is 16.7 Å². The van der Waals surface area contributed by atoms with Crippen LogP contribution in [0.4, 0.5) is 0 Å². The molecule has 1 saturated heterocycles. The smallest absolute Gasteiger partial charge is 0.243 e. The summed E-state index contributed by atoms with van der Waals surface area (Å²) < 4.78 is 5.36.